The average Bonchev–Trinajstić information content (AvgIpc) is 3.14. The van der Waals surface area contributed by atoms with E-state index in [1.807, 2.05) is 36.4 Å². The number of carbonyl (C=O) groups excluding carboxylic acids is 1. The minimum atomic E-state index is -1.01. The van der Waals surface area contributed by atoms with E-state index >= 15 is 0 Å². The number of hydrogen-bond acceptors (Lipinski definition) is 4. The maximum atomic E-state index is 13.0. The van der Waals surface area contributed by atoms with Crippen molar-refractivity contribution in [3.05, 3.63) is 41.3 Å². The standard InChI is InChI=1S/C22H25NO4S/c24-16-11-17(14-7-3-1-4-8-14)23(20(25)12-16)18-13-19(28-21(18)22(26)27)15-9-5-2-6-10-15/h2,5-6,9-10,13-14,16-17,24H,1,3-4,7-8,11-12H2,(H,26,27). The van der Waals surface area contributed by atoms with Crippen LogP contribution in [0.2, 0.25) is 0 Å². The number of amides is 1. The molecular weight excluding hydrogens is 374 g/mol. The molecule has 2 aliphatic rings. The van der Waals surface area contributed by atoms with Gasteiger partial charge in [0.25, 0.3) is 0 Å². The average molecular weight is 400 g/mol. The first-order chi connectivity index (χ1) is 13.5. The second kappa shape index (κ2) is 8.05. The van der Waals surface area contributed by atoms with Gasteiger partial charge in [0.2, 0.25) is 5.91 Å². The Morgan fingerprint density at radius 2 is 1.82 bits per heavy atom. The lowest BCUT2D eigenvalue weighted by Crippen LogP contribution is -2.52. The highest BCUT2D eigenvalue weighted by Gasteiger charge is 2.40. The van der Waals surface area contributed by atoms with Crippen molar-refractivity contribution in [3.63, 3.8) is 0 Å². The van der Waals surface area contributed by atoms with Crippen LogP contribution in [0.3, 0.4) is 0 Å². The topological polar surface area (TPSA) is 77.8 Å². The molecule has 148 valence electrons. The van der Waals surface area contributed by atoms with Gasteiger partial charge >= 0.3 is 5.97 Å². The third-order valence-electron chi connectivity index (χ3n) is 5.94. The number of carbonyl (C=O) groups is 2. The van der Waals surface area contributed by atoms with Crippen LogP contribution in [0.5, 0.6) is 0 Å². The van der Waals surface area contributed by atoms with Gasteiger partial charge in [0.05, 0.1) is 18.2 Å². The van der Waals surface area contributed by atoms with Crippen LogP contribution in [-0.4, -0.2) is 34.2 Å². The second-order valence-corrected chi connectivity index (χ2v) is 8.87. The Bertz CT molecular complexity index is 857. The molecule has 1 aromatic carbocycles. The molecule has 2 unspecified atom stereocenters. The van der Waals surface area contributed by atoms with Crippen LogP contribution in [0.25, 0.3) is 10.4 Å². The number of hydrogen-bond donors (Lipinski definition) is 2. The summed E-state index contributed by atoms with van der Waals surface area (Å²) in [7, 11) is 0. The predicted molar refractivity (Wildman–Crippen MR) is 110 cm³/mol. The highest BCUT2D eigenvalue weighted by Crippen LogP contribution is 2.42. The first-order valence-corrected chi connectivity index (χ1v) is 10.8. The molecule has 0 bridgehead atoms. The molecule has 2 N–H and O–H groups in total. The maximum absolute atomic E-state index is 13.0. The van der Waals surface area contributed by atoms with Gasteiger partial charge in [0, 0.05) is 10.9 Å². The molecule has 4 rings (SSSR count). The maximum Gasteiger partial charge on any atom is 0.348 e. The van der Waals surface area contributed by atoms with Crippen molar-refractivity contribution >= 4 is 28.9 Å². The lowest BCUT2D eigenvalue weighted by molar-refractivity contribution is -0.123. The summed E-state index contributed by atoms with van der Waals surface area (Å²) in [5.41, 5.74) is 1.43. The van der Waals surface area contributed by atoms with Gasteiger partial charge in [-0.05, 0) is 36.8 Å². The molecule has 2 heterocycles. The summed E-state index contributed by atoms with van der Waals surface area (Å²) in [6.45, 7) is 0. The molecular formula is C22H25NO4S. The minimum absolute atomic E-state index is 0.0544. The van der Waals surface area contributed by atoms with Crippen LogP contribution in [0.4, 0.5) is 5.69 Å². The Morgan fingerprint density at radius 3 is 2.50 bits per heavy atom. The predicted octanol–water partition coefficient (Wildman–Crippen LogP) is 4.55. The Balaban J connectivity index is 1.76. The van der Waals surface area contributed by atoms with Crippen LogP contribution in [0, 0.1) is 5.92 Å². The van der Waals surface area contributed by atoms with E-state index in [2.05, 4.69) is 0 Å². The van der Waals surface area contributed by atoms with E-state index in [1.54, 1.807) is 4.90 Å². The number of piperidine rings is 1. The van der Waals surface area contributed by atoms with Gasteiger partial charge in [-0.2, -0.15) is 0 Å². The van der Waals surface area contributed by atoms with Gasteiger partial charge in [0.1, 0.15) is 4.88 Å². The minimum Gasteiger partial charge on any atom is -0.477 e. The molecule has 5 nitrogen and oxygen atoms in total. The molecule has 1 aromatic heterocycles. The number of nitrogens with zero attached hydrogens (tertiary/aromatic N) is 1. The number of carboxylic acids is 1. The van der Waals surface area contributed by atoms with E-state index in [1.165, 1.54) is 17.8 Å². The lowest BCUT2D eigenvalue weighted by Gasteiger charge is -2.43. The Hall–Kier alpha value is -2.18. The summed E-state index contributed by atoms with van der Waals surface area (Å²) >= 11 is 1.21. The molecule has 1 aliphatic carbocycles. The number of thiophene rings is 1. The normalized spacial score (nSPS) is 23.8. The number of aliphatic hydroxyl groups excluding tert-OH is 1. The number of benzene rings is 1. The van der Waals surface area contributed by atoms with Crippen molar-refractivity contribution in [2.75, 3.05) is 4.90 Å². The molecule has 1 aliphatic heterocycles. The van der Waals surface area contributed by atoms with Crippen LogP contribution >= 0.6 is 11.3 Å². The van der Waals surface area contributed by atoms with Gasteiger partial charge in [-0.25, -0.2) is 4.79 Å². The van der Waals surface area contributed by atoms with E-state index in [4.69, 9.17) is 0 Å². The van der Waals surface area contributed by atoms with E-state index in [-0.39, 0.29) is 23.2 Å². The molecule has 0 spiro atoms. The van der Waals surface area contributed by atoms with E-state index in [9.17, 15) is 19.8 Å². The molecule has 1 saturated heterocycles. The van der Waals surface area contributed by atoms with Gasteiger partial charge in [-0.3, -0.25) is 4.79 Å². The third kappa shape index (κ3) is 3.71. The fourth-order valence-electron chi connectivity index (χ4n) is 4.65. The smallest absolute Gasteiger partial charge is 0.348 e. The third-order valence-corrected chi connectivity index (χ3v) is 7.10. The van der Waals surface area contributed by atoms with Crippen LogP contribution in [-0.2, 0) is 4.79 Å². The molecule has 28 heavy (non-hydrogen) atoms. The fourth-order valence-corrected chi connectivity index (χ4v) is 5.64. The van der Waals surface area contributed by atoms with Crippen molar-refractivity contribution in [2.45, 2.75) is 57.1 Å². The van der Waals surface area contributed by atoms with Crippen LogP contribution in [0.15, 0.2) is 36.4 Å². The molecule has 0 radical (unpaired) electrons. The molecule has 1 saturated carbocycles. The largest absolute Gasteiger partial charge is 0.477 e. The zero-order valence-corrected chi connectivity index (χ0v) is 16.5. The highest BCUT2D eigenvalue weighted by atomic mass is 32.1. The summed E-state index contributed by atoms with van der Waals surface area (Å²) in [5.74, 6) is -0.868. The molecule has 2 fully saturated rings. The number of aliphatic hydroxyl groups is 1. The van der Waals surface area contributed by atoms with Crippen molar-refractivity contribution in [1.29, 1.82) is 0 Å². The number of aromatic carboxylic acids is 1. The van der Waals surface area contributed by atoms with Gasteiger partial charge in [-0.15, -0.1) is 11.3 Å². The number of rotatable bonds is 4. The van der Waals surface area contributed by atoms with Gasteiger partial charge < -0.3 is 15.1 Å². The molecule has 2 aromatic rings. The summed E-state index contributed by atoms with van der Waals surface area (Å²) in [5, 5.41) is 20.1. The second-order valence-electron chi connectivity index (χ2n) is 7.82. The Labute approximate surface area is 168 Å². The summed E-state index contributed by atoms with van der Waals surface area (Å²) in [4.78, 5) is 27.7. The van der Waals surface area contributed by atoms with Crippen LogP contribution in [0.1, 0.15) is 54.6 Å². The SMILES string of the molecule is O=C(O)c1sc(-c2ccccc2)cc1N1C(=O)CC(O)CC1C1CCCCC1. The monoisotopic (exact) mass is 399 g/mol. The fraction of sp³-hybridized carbons (Fsp3) is 0.455. The van der Waals surface area contributed by atoms with Crippen molar-refractivity contribution < 1.29 is 19.8 Å². The summed E-state index contributed by atoms with van der Waals surface area (Å²) < 4.78 is 0. The Morgan fingerprint density at radius 1 is 1.11 bits per heavy atom. The van der Waals surface area contributed by atoms with E-state index in [0.29, 0.717) is 18.0 Å². The van der Waals surface area contributed by atoms with Gasteiger partial charge in [-0.1, -0.05) is 49.6 Å². The van der Waals surface area contributed by atoms with Crippen LogP contribution < -0.4 is 4.90 Å². The number of anilines is 1. The van der Waals surface area contributed by atoms with Crippen molar-refractivity contribution in [1.82, 2.24) is 0 Å². The molecule has 6 heteroatoms. The first kappa shape index (κ1) is 19.2. The Kier molecular flexibility index (Phi) is 5.51. The molecule has 2 atom stereocenters. The summed E-state index contributed by atoms with van der Waals surface area (Å²) in [6.07, 6.45) is 5.45. The van der Waals surface area contributed by atoms with E-state index in [0.717, 1.165) is 36.1 Å². The first-order valence-electron chi connectivity index (χ1n) is 9.97. The highest BCUT2D eigenvalue weighted by molar-refractivity contribution is 7.18. The molecule has 1 amide bonds. The van der Waals surface area contributed by atoms with Crippen molar-refractivity contribution in [2.24, 2.45) is 5.92 Å². The zero-order chi connectivity index (χ0) is 19.7. The van der Waals surface area contributed by atoms with E-state index < -0.39 is 12.1 Å². The quantitative estimate of drug-likeness (QED) is 0.791. The van der Waals surface area contributed by atoms with Gasteiger partial charge in [0.15, 0.2) is 0 Å². The summed E-state index contributed by atoms with van der Waals surface area (Å²) in [6, 6.07) is 11.4. The van der Waals surface area contributed by atoms with Crippen molar-refractivity contribution in [3.8, 4) is 10.4 Å². The zero-order valence-electron chi connectivity index (χ0n) is 15.7. The lowest BCUT2D eigenvalue weighted by atomic mass is 9.79. The number of carboxylic acid groups (broad SMARTS) is 1.